The number of benzene rings is 3. The lowest BCUT2D eigenvalue weighted by atomic mass is 9.95. The van der Waals surface area contributed by atoms with Crippen molar-refractivity contribution in [2.45, 2.75) is 25.1 Å². The van der Waals surface area contributed by atoms with Gasteiger partial charge in [0.1, 0.15) is 24.0 Å². The lowest BCUT2D eigenvalue weighted by molar-refractivity contribution is -0.137. The molecule has 2 amide bonds. The number of nitrogens with one attached hydrogen (secondary N) is 2. The van der Waals surface area contributed by atoms with Crippen LogP contribution in [0.3, 0.4) is 0 Å². The summed E-state index contributed by atoms with van der Waals surface area (Å²) in [5.41, 5.74) is -2.36. The second-order valence-electron chi connectivity index (χ2n) is 9.37. The van der Waals surface area contributed by atoms with Gasteiger partial charge in [-0.2, -0.15) is 18.4 Å². The van der Waals surface area contributed by atoms with E-state index >= 15 is 0 Å². The van der Waals surface area contributed by atoms with Gasteiger partial charge in [0.05, 0.1) is 34.3 Å². The number of hydrogen-bond donors (Lipinski definition) is 2. The maximum Gasteiger partial charge on any atom is 0.416 e. The van der Waals surface area contributed by atoms with Crippen LogP contribution < -0.4 is 15.4 Å². The van der Waals surface area contributed by atoms with Crippen molar-refractivity contribution in [3.8, 4) is 11.8 Å². The number of hydrogen-bond acceptors (Lipinski definition) is 4. The number of ether oxygens (including phenoxy) is 1. The van der Waals surface area contributed by atoms with Gasteiger partial charge in [-0.1, -0.05) is 11.6 Å². The summed E-state index contributed by atoms with van der Waals surface area (Å²) < 4.78 is 73.4. The molecule has 1 fully saturated rings. The van der Waals surface area contributed by atoms with E-state index in [1.807, 2.05) is 0 Å². The molecule has 3 aromatic carbocycles. The molecule has 0 bridgehead atoms. The fourth-order valence-corrected chi connectivity index (χ4v) is 4.53. The number of nitriles is 1. The number of rotatable bonds is 6. The fraction of sp³-hybridized carbons (Fsp3) is 0.222. The van der Waals surface area contributed by atoms with E-state index in [4.69, 9.17) is 16.3 Å². The van der Waals surface area contributed by atoms with Crippen molar-refractivity contribution in [2.24, 2.45) is 5.41 Å². The lowest BCUT2D eigenvalue weighted by Crippen LogP contribution is -2.21. The molecule has 0 radical (unpaired) electrons. The van der Waals surface area contributed by atoms with Gasteiger partial charge < -0.3 is 15.4 Å². The molecule has 6 nitrogen and oxygen atoms in total. The van der Waals surface area contributed by atoms with Crippen LogP contribution in [0.5, 0.6) is 5.75 Å². The van der Waals surface area contributed by atoms with Gasteiger partial charge in [-0.25, -0.2) is 8.78 Å². The Morgan fingerprint density at radius 1 is 1.13 bits per heavy atom. The molecule has 5 rings (SSSR count). The first-order chi connectivity index (χ1) is 18.4. The fourth-order valence-electron chi connectivity index (χ4n) is 4.30. The Labute approximate surface area is 223 Å². The summed E-state index contributed by atoms with van der Waals surface area (Å²) in [7, 11) is 0. The van der Waals surface area contributed by atoms with Crippen LogP contribution in [-0.4, -0.2) is 18.4 Å². The van der Waals surface area contributed by atoms with Crippen LogP contribution in [0.1, 0.15) is 56.3 Å². The van der Waals surface area contributed by atoms with Crippen LogP contribution in [0.4, 0.5) is 27.6 Å². The minimum absolute atomic E-state index is 0.00921. The highest BCUT2D eigenvalue weighted by molar-refractivity contribution is 6.31. The summed E-state index contributed by atoms with van der Waals surface area (Å²) in [6.45, 7) is 0.00921. The third-order valence-electron chi connectivity index (χ3n) is 6.57. The van der Waals surface area contributed by atoms with E-state index < -0.39 is 52.2 Å². The first-order valence-corrected chi connectivity index (χ1v) is 11.9. The average Bonchev–Trinajstić information content (AvgIpc) is 3.59. The predicted octanol–water partition coefficient (Wildman–Crippen LogP) is 6.40. The zero-order chi connectivity index (χ0) is 28.1. The average molecular weight is 562 g/mol. The summed E-state index contributed by atoms with van der Waals surface area (Å²) in [4.78, 5) is 26.0. The topological polar surface area (TPSA) is 91.2 Å². The monoisotopic (exact) mass is 561 g/mol. The van der Waals surface area contributed by atoms with Crippen molar-refractivity contribution in [1.29, 1.82) is 5.26 Å². The van der Waals surface area contributed by atoms with E-state index in [1.54, 1.807) is 0 Å². The number of carbonyl (C=O) groups excluding carboxylic acids is 2. The van der Waals surface area contributed by atoms with Crippen molar-refractivity contribution in [2.75, 3.05) is 11.9 Å². The van der Waals surface area contributed by atoms with Gasteiger partial charge in [0.2, 0.25) is 0 Å². The van der Waals surface area contributed by atoms with Gasteiger partial charge in [0.15, 0.2) is 0 Å². The molecule has 0 saturated heterocycles. The van der Waals surface area contributed by atoms with Crippen molar-refractivity contribution < 1.29 is 36.3 Å². The Balaban J connectivity index is 1.58. The van der Waals surface area contributed by atoms with Crippen molar-refractivity contribution in [3.05, 3.63) is 93.0 Å². The van der Waals surface area contributed by atoms with Gasteiger partial charge in [0.25, 0.3) is 11.8 Å². The summed E-state index contributed by atoms with van der Waals surface area (Å²) in [6, 6.07) is 8.73. The van der Waals surface area contributed by atoms with Gasteiger partial charge in [0, 0.05) is 27.8 Å². The molecule has 12 heteroatoms. The zero-order valence-corrected chi connectivity index (χ0v) is 20.5. The second-order valence-corrected chi connectivity index (χ2v) is 9.77. The maximum absolute atomic E-state index is 14.1. The Morgan fingerprint density at radius 3 is 2.54 bits per heavy atom. The summed E-state index contributed by atoms with van der Waals surface area (Å²) in [5.74, 6) is -3.53. The number of amides is 2. The van der Waals surface area contributed by atoms with Crippen LogP contribution in [-0.2, 0) is 6.18 Å². The number of alkyl halides is 3. The summed E-state index contributed by atoms with van der Waals surface area (Å²) in [6.07, 6.45) is -3.65. The Morgan fingerprint density at radius 2 is 1.87 bits per heavy atom. The highest BCUT2D eigenvalue weighted by atomic mass is 35.5. The first kappa shape index (κ1) is 26.4. The van der Waals surface area contributed by atoms with E-state index in [0.717, 1.165) is 12.1 Å². The van der Waals surface area contributed by atoms with Crippen LogP contribution in [0.25, 0.3) is 0 Å². The van der Waals surface area contributed by atoms with Crippen LogP contribution in [0.2, 0.25) is 5.02 Å². The SMILES string of the molecule is N#CC1(COc2cc(NC(=O)c3cc(F)cc(C(F)(F)F)c3)c3c(c2)C(=O)NC3c2cc(F)ccc2Cl)CC1. The molecule has 39 heavy (non-hydrogen) atoms. The van der Waals surface area contributed by atoms with Crippen LogP contribution in [0, 0.1) is 28.4 Å². The van der Waals surface area contributed by atoms with E-state index in [2.05, 4.69) is 16.7 Å². The molecule has 1 unspecified atom stereocenters. The standard InChI is InChI=1S/C27H17ClF5N3O3/c28-20-2-1-15(29)8-18(20)23-22-19(25(38)36-23)9-17(39-12-26(11-34)3-4-26)10-21(22)35-24(37)13-5-14(27(31,32)33)7-16(30)6-13/h1-2,5-10,23H,3-4,12H2,(H,35,37)(H,36,38). The number of nitrogens with zero attached hydrogens (tertiary/aromatic N) is 1. The second kappa shape index (κ2) is 9.54. The van der Waals surface area contributed by atoms with Crippen LogP contribution >= 0.6 is 11.6 Å². The quantitative estimate of drug-likeness (QED) is 0.341. The largest absolute Gasteiger partial charge is 0.492 e. The molecule has 1 atom stereocenters. The minimum atomic E-state index is -4.90. The van der Waals surface area contributed by atoms with Crippen molar-refractivity contribution >= 4 is 29.1 Å². The zero-order valence-electron chi connectivity index (χ0n) is 19.8. The maximum atomic E-state index is 14.1. The first-order valence-electron chi connectivity index (χ1n) is 11.6. The molecular weight excluding hydrogens is 545 g/mol. The Kier molecular flexibility index (Phi) is 6.47. The van der Waals surface area contributed by atoms with Gasteiger partial charge in [-0.3, -0.25) is 9.59 Å². The molecule has 1 saturated carbocycles. The van der Waals surface area contributed by atoms with E-state index in [9.17, 15) is 36.8 Å². The molecule has 2 aliphatic rings. The molecule has 0 aromatic heterocycles. The molecule has 200 valence electrons. The van der Waals surface area contributed by atoms with E-state index in [-0.39, 0.29) is 45.8 Å². The Bertz CT molecular complexity index is 1560. The van der Waals surface area contributed by atoms with Gasteiger partial charge in [-0.15, -0.1) is 0 Å². The molecule has 1 aliphatic heterocycles. The normalized spacial score (nSPS) is 17.2. The van der Waals surface area contributed by atoms with E-state index in [1.165, 1.54) is 18.2 Å². The smallest absolute Gasteiger partial charge is 0.416 e. The lowest BCUT2D eigenvalue weighted by Gasteiger charge is -2.19. The molecule has 0 spiro atoms. The highest BCUT2D eigenvalue weighted by Gasteiger charge is 2.44. The molecular formula is C27H17ClF5N3O3. The summed E-state index contributed by atoms with van der Waals surface area (Å²) >= 11 is 6.27. The van der Waals surface area contributed by atoms with Crippen molar-refractivity contribution in [3.63, 3.8) is 0 Å². The Hall–Kier alpha value is -4.17. The molecule has 3 aromatic rings. The van der Waals surface area contributed by atoms with Crippen LogP contribution in [0.15, 0.2) is 48.5 Å². The summed E-state index contributed by atoms with van der Waals surface area (Å²) in [5, 5.41) is 14.5. The van der Waals surface area contributed by atoms with Gasteiger partial charge in [-0.05, 0) is 55.3 Å². The predicted molar refractivity (Wildman–Crippen MR) is 129 cm³/mol. The molecule has 2 N–H and O–H groups in total. The van der Waals surface area contributed by atoms with Crippen molar-refractivity contribution in [1.82, 2.24) is 5.32 Å². The third kappa shape index (κ3) is 5.25. The molecule has 1 aliphatic carbocycles. The number of carbonyl (C=O) groups is 2. The molecule has 1 heterocycles. The highest BCUT2D eigenvalue weighted by Crippen LogP contribution is 2.46. The minimum Gasteiger partial charge on any atom is -0.492 e. The number of anilines is 1. The van der Waals surface area contributed by atoms with E-state index in [0.29, 0.717) is 25.0 Å². The third-order valence-corrected chi connectivity index (χ3v) is 6.92. The number of fused-ring (bicyclic) bond motifs is 1. The number of halogens is 6. The van der Waals surface area contributed by atoms with Gasteiger partial charge >= 0.3 is 6.18 Å².